The Bertz CT molecular complexity index is 530. The van der Waals surface area contributed by atoms with E-state index in [0.717, 1.165) is 32.1 Å². The van der Waals surface area contributed by atoms with E-state index in [2.05, 4.69) is 37.8 Å². The number of hydrogen-bond donors (Lipinski definition) is 0. The van der Waals surface area contributed by atoms with E-state index in [1.165, 1.54) is 6.92 Å². The topological polar surface area (TPSA) is 73.9 Å². The van der Waals surface area contributed by atoms with Crippen molar-refractivity contribution in [2.24, 2.45) is 16.7 Å². The van der Waals surface area contributed by atoms with Crippen LogP contribution in [0, 0.1) is 51.3 Å². The molecule has 0 saturated heterocycles. The molecule has 1 fully saturated rings. The Labute approximate surface area is 133 Å². The minimum atomic E-state index is -1.09. The van der Waals surface area contributed by atoms with Crippen LogP contribution in [-0.4, -0.2) is 12.6 Å². The molecule has 0 bridgehead atoms. The summed E-state index contributed by atoms with van der Waals surface area (Å²) in [5.41, 5.74) is -1.39. The molecule has 1 unspecified atom stereocenters. The van der Waals surface area contributed by atoms with Crippen LogP contribution >= 0.6 is 0 Å². The highest BCUT2D eigenvalue weighted by Gasteiger charge is 2.54. The first kappa shape index (κ1) is 18.1. The molecular formula is C18H24N2O2. The highest BCUT2D eigenvalue weighted by Crippen LogP contribution is 2.56. The van der Waals surface area contributed by atoms with Gasteiger partial charge in [0, 0.05) is 18.8 Å². The summed E-state index contributed by atoms with van der Waals surface area (Å²) in [5, 5.41) is 19.5. The second-order valence-electron chi connectivity index (χ2n) is 6.10. The summed E-state index contributed by atoms with van der Waals surface area (Å²) < 4.78 is 4.76. The van der Waals surface area contributed by atoms with E-state index < -0.39 is 5.41 Å². The summed E-state index contributed by atoms with van der Waals surface area (Å²) in [5.74, 6) is 5.58. The van der Waals surface area contributed by atoms with Crippen LogP contribution in [-0.2, 0) is 9.53 Å². The molecule has 0 N–H and O–H groups in total. The molecule has 4 nitrogen and oxygen atoms in total. The van der Waals surface area contributed by atoms with Crippen LogP contribution in [0.5, 0.6) is 0 Å². The van der Waals surface area contributed by atoms with Gasteiger partial charge in [0.1, 0.15) is 0 Å². The number of carbonyl (C=O) groups is 1. The molecule has 0 aromatic rings. The summed E-state index contributed by atoms with van der Waals surface area (Å²) in [7, 11) is 0. The average molecular weight is 300 g/mol. The lowest BCUT2D eigenvalue weighted by Gasteiger charge is -2.48. The second-order valence-corrected chi connectivity index (χ2v) is 6.10. The van der Waals surface area contributed by atoms with E-state index in [1.54, 1.807) is 0 Å². The molecule has 1 aliphatic carbocycles. The number of rotatable bonds is 4. The number of hydrogen-bond acceptors (Lipinski definition) is 4. The van der Waals surface area contributed by atoms with E-state index in [4.69, 9.17) is 4.74 Å². The van der Waals surface area contributed by atoms with Crippen LogP contribution in [0.25, 0.3) is 0 Å². The zero-order valence-electron chi connectivity index (χ0n) is 13.7. The van der Waals surface area contributed by atoms with Crippen molar-refractivity contribution in [2.75, 3.05) is 6.61 Å². The lowest BCUT2D eigenvalue weighted by molar-refractivity contribution is -0.139. The Hall–Kier alpha value is -1.99. The van der Waals surface area contributed by atoms with Gasteiger partial charge in [-0.3, -0.25) is 4.79 Å². The minimum absolute atomic E-state index is 0.0109. The standard InChI is InChI=1S/C18H24N2O2/c1-4-18(11-6-5-9-15(18)2)17(13-19,14-20)10-7-8-12-22-16(3)21/h15H,4-6,9-12H2,1-3H3/t15-,18?/m1/s1. The third-order valence-electron chi connectivity index (χ3n) is 5.14. The molecule has 0 amide bonds. The quantitative estimate of drug-likeness (QED) is 0.587. The maximum Gasteiger partial charge on any atom is 0.303 e. The molecule has 0 aromatic heterocycles. The highest BCUT2D eigenvalue weighted by molar-refractivity contribution is 5.66. The first-order valence-electron chi connectivity index (χ1n) is 7.89. The zero-order valence-corrected chi connectivity index (χ0v) is 13.7. The van der Waals surface area contributed by atoms with Crippen LogP contribution in [0.4, 0.5) is 0 Å². The normalized spacial score (nSPS) is 24.3. The number of ether oxygens (including phenoxy) is 1. The Morgan fingerprint density at radius 1 is 1.32 bits per heavy atom. The van der Waals surface area contributed by atoms with E-state index >= 15 is 0 Å². The Morgan fingerprint density at radius 3 is 2.50 bits per heavy atom. The molecule has 1 aliphatic rings. The summed E-state index contributed by atoms with van der Waals surface area (Å²) in [6.45, 7) is 5.55. The molecule has 22 heavy (non-hydrogen) atoms. The number of carbonyl (C=O) groups excluding carboxylic acids is 1. The molecule has 1 rings (SSSR count). The fourth-order valence-corrected chi connectivity index (χ4v) is 3.76. The van der Waals surface area contributed by atoms with Crippen molar-refractivity contribution in [2.45, 2.75) is 59.3 Å². The molecule has 0 aliphatic heterocycles. The van der Waals surface area contributed by atoms with Gasteiger partial charge in [0.25, 0.3) is 0 Å². The van der Waals surface area contributed by atoms with Gasteiger partial charge in [-0.25, -0.2) is 0 Å². The van der Waals surface area contributed by atoms with Gasteiger partial charge < -0.3 is 4.74 Å². The van der Waals surface area contributed by atoms with Crippen molar-refractivity contribution >= 4 is 5.97 Å². The molecule has 0 aromatic carbocycles. The predicted octanol–water partition coefficient (Wildman–Crippen LogP) is 3.58. The maximum absolute atomic E-state index is 10.7. The van der Waals surface area contributed by atoms with Gasteiger partial charge in [-0.05, 0) is 18.8 Å². The van der Waals surface area contributed by atoms with Crippen LogP contribution in [0.1, 0.15) is 59.3 Å². The first-order chi connectivity index (χ1) is 10.5. The lowest BCUT2D eigenvalue weighted by atomic mass is 9.51. The smallest absolute Gasteiger partial charge is 0.303 e. The van der Waals surface area contributed by atoms with Crippen LogP contribution in [0.15, 0.2) is 0 Å². The third kappa shape index (κ3) is 3.42. The summed E-state index contributed by atoms with van der Waals surface area (Å²) in [6.07, 6.45) is 5.19. The van der Waals surface area contributed by atoms with Gasteiger partial charge in [0.2, 0.25) is 0 Å². The monoisotopic (exact) mass is 300 g/mol. The van der Waals surface area contributed by atoms with Crippen molar-refractivity contribution in [3.8, 4) is 24.0 Å². The fraction of sp³-hybridized carbons (Fsp3) is 0.722. The summed E-state index contributed by atoms with van der Waals surface area (Å²) in [4.78, 5) is 10.7. The van der Waals surface area contributed by atoms with E-state index in [0.29, 0.717) is 5.92 Å². The third-order valence-corrected chi connectivity index (χ3v) is 5.14. The fourth-order valence-electron chi connectivity index (χ4n) is 3.76. The van der Waals surface area contributed by atoms with Crippen LogP contribution < -0.4 is 0 Å². The SMILES string of the molecule is CCC1(C(C#N)(C#N)CC#CCOC(C)=O)CCCC[C@H]1C. The summed E-state index contributed by atoms with van der Waals surface area (Å²) in [6, 6.07) is 4.57. The molecule has 2 atom stereocenters. The van der Waals surface area contributed by atoms with Gasteiger partial charge in [-0.1, -0.05) is 45.0 Å². The van der Waals surface area contributed by atoms with E-state index in [9.17, 15) is 15.3 Å². The lowest BCUT2D eigenvalue weighted by Crippen LogP contribution is -2.46. The molecule has 1 saturated carbocycles. The Balaban J connectivity index is 3.01. The molecule has 0 radical (unpaired) electrons. The number of esters is 1. The van der Waals surface area contributed by atoms with Crippen molar-refractivity contribution in [3.05, 3.63) is 0 Å². The highest BCUT2D eigenvalue weighted by atomic mass is 16.5. The predicted molar refractivity (Wildman–Crippen MR) is 83.0 cm³/mol. The summed E-state index contributed by atoms with van der Waals surface area (Å²) >= 11 is 0. The average Bonchev–Trinajstić information content (AvgIpc) is 2.52. The Kier molecular flexibility index (Phi) is 6.45. The van der Waals surface area contributed by atoms with Gasteiger partial charge >= 0.3 is 5.97 Å². The van der Waals surface area contributed by atoms with Crippen molar-refractivity contribution < 1.29 is 9.53 Å². The van der Waals surface area contributed by atoms with E-state index in [-0.39, 0.29) is 24.4 Å². The van der Waals surface area contributed by atoms with E-state index in [1.807, 2.05) is 0 Å². The van der Waals surface area contributed by atoms with Crippen molar-refractivity contribution in [3.63, 3.8) is 0 Å². The Morgan fingerprint density at radius 2 is 2.00 bits per heavy atom. The first-order valence-corrected chi connectivity index (χ1v) is 7.89. The molecule has 0 heterocycles. The van der Waals surface area contributed by atoms with Gasteiger partial charge in [0.05, 0.1) is 12.1 Å². The number of nitrogens with zero attached hydrogens (tertiary/aromatic N) is 2. The van der Waals surface area contributed by atoms with Gasteiger partial charge in [-0.15, -0.1) is 0 Å². The van der Waals surface area contributed by atoms with Crippen molar-refractivity contribution in [1.29, 1.82) is 10.5 Å². The zero-order chi connectivity index (χ0) is 16.6. The number of nitriles is 2. The van der Waals surface area contributed by atoms with Gasteiger partial charge in [-0.2, -0.15) is 10.5 Å². The largest absolute Gasteiger partial charge is 0.453 e. The molecule has 4 heteroatoms. The molecule has 118 valence electrons. The second kappa shape index (κ2) is 7.86. The maximum atomic E-state index is 10.7. The van der Waals surface area contributed by atoms with Gasteiger partial charge in [0.15, 0.2) is 12.0 Å². The minimum Gasteiger partial charge on any atom is -0.453 e. The molecule has 0 spiro atoms. The van der Waals surface area contributed by atoms with Crippen LogP contribution in [0.3, 0.4) is 0 Å². The molecular weight excluding hydrogens is 276 g/mol. The van der Waals surface area contributed by atoms with Crippen LogP contribution in [0.2, 0.25) is 0 Å². The van der Waals surface area contributed by atoms with Crippen molar-refractivity contribution in [1.82, 2.24) is 0 Å².